The van der Waals surface area contributed by atoms with Gasteiger partial charge in [0, 0.05) is 23.9 Å². The second kappa shape index (κ2) is 11.2. The summed E-state index contributed by atoms with van der Waals surface area (Å²) < 4.78 is 52.1. The van der Waals surface area contributed by atoms with Gasteiger partial charge in [0.05, 0.1) is 24.0 Å². The third-order valence-corrected chi connectivity index (χ3v) is 8.16. The zero-order valence-corrected chi connectivity index (χ0v) is 22.8. The molecule has 9 nitrogen and oxygen atoms in total. The van der Waals surface area contributed by atoms with Crippen molar-refractivity contribution in [2.75, 3.05) is 23.6 Å². The van der Waals surface area contributed by atoms with E-state index in [0.717, 1.165) is 23.7 Å². The van der Waals surface area contributed by atoms with Gasteiger partial charge in [0.15, 0.2) is 5.84 Å². The molecule has 1 atom stereocenters. The Bertz CT molecular complexity index is 1530. The van der Waals surface area contributed by atoms with Gasteiger partial charge >= 0.3 is 0 Å². The summed E-state index contributed by atoms with van der Waals surface area (Å²) in [6.45, 7) is -0.147. The van der Waals surface area contributed by atoms with Crippen molar-refractivity contribution in [3.63, 3.8) is 0 Å². The molecular weight excluding hydrogens is 557 g/mol. The van der Waals surface area contributed by atoms with Crippen molar-refractivity contribution in [1.82, 2.24) is 9.71 Å². The molecule has 0 radical (unpaired) electrons. The number of nitrogens with one attached hydrogen (secondary N) is 1. The van der Waals surface area contributed by atoms with Gasteiger partial charge in [-0.2, -0.15) is 5.10 Å². The molecule has 0 saturated heterocycles. The van der Waals surface area contributed by atoms with Crippen LogP contribution in [0.15, 0.2) is 87.9 Å². The number of aromatic nitrogens is 1. The lowest BCUT2D eigenvalue weighted by Gasteiger charge is -2.24. The van der Waals surface area contributed by atoms with Crippen molar-refractivity contribution in [3.8, 4) is 0 Å². The normalized spacial score (nSPS) is 16.5. The molecule has 4 rings (SSSR count). The lowest BCUT2D eigenvalue weighted by Crippen LogP contribution is -2.36. The molecule has 1 N–H and O–H groups in total. The molecule has 0 amide bonds. The van der Waals surface area contributed by atoms with E-state index in [-0.39, 0.29) is 34.2 Å². The van der Waals surface area contributed by atoms with Crippen LogP contribution in [0.5, 0.6) is 0 Å². The highest BCUT2D eigenvalue weighted by molar-refractivity contribution is 7.90. The zero-order chi connectivity index (χ0) is 26.6. The van der Waals surface area contributed by atoms with E-state index >= 15 is 0 Å². The van der Waals surface area contributed by atoms with E-state index in [1.165, 1.54) is 12.1 Å². The Balaban J connectivity index is 1.74. The van der Waals surface area contributed by atoms with Gasteiger partial charge in [-0.3, -0.25) is 14.7 Å². The molecule has 1 aliphatic heterocycles. The van der Waals surface area contributed by atoms with Gasteiger partial charge in [0.1, 0.15) is 25.6 Å². The van der Waals surface area contributed by atoms with Gasteiger partial charge in [-0.05, 0) is 42.0 Å². The van der Waals surface area contributed by atoms with Crippen molar-refractivity contribution >= 4 is 60.3 Å². The minimum atomic E-state index is -4.12. The first-order valence-corrected chi connectivity index (χ1v) is 15.4. The number of anilines is 1. The number of pyridine rings is 1. The van der Waals surface area contributed by atoms with Gasteiger partial charge in [-0.25, -0.2) is 21.8 Å². The number of nitrogens with zero attached hydrogens (tertiary/aromatic N) is 4. The van der Waals surface area contributed by atoms with Gasteiger partial charge in [-0.1, -0.05) is 53.5 Å². The molecule has 194 valence electrons. The zero-order valence-electron chi connectivity index (χ0n) is 19.6. The number of hydrogen-bond acceptors (Lipinski definition) is 8. The highest BCUT2D eigenvalue weighted by Gasteiger charge is 2.33. The van der Waals surface area contributed by atoms with Crippen LogP contribution in [0.2, 0.25) is 10.2 Å². The number of sulfonamides is 1. The van der Waals surface area contributed by atoms with Crippen molar-refractivity contribution in [2.45, 2.75) is 17.4 Å². The molecule has 2 aromatic carbocycles. The van der Waals surface area contributed by atoms with E-state index in [2.05, 4.69) is 14.7 Å². The first-order chi connectivity index (χ1) is 17.5. The highest BCUT2D eigenvalue weighted by Crippen LogP contribution is 2.36. The van der Waals surface area contributed by atoms with Crippen LogP contribution in [0.1, 0.15) is 18.0 Å². The Morgan fingerprint density at radius 3 is 2.35 bits per heavy atom. The third kappa shape index (κ3) is 7.07. The number of halogens is 2. The van der Waals surface area contributed by atoms with Gasteiger partial charge in [-0.15, -0.1) is 0 Å². The summed E-state index contributed by atoms with van der Waals surface area (Å²) in [6.07, 6.45) is 2.53. The third-order valence-electron chi connectivity index (χ3n) is 5.43. The molecule has 1 aliphatic rings. The van der Waals surface area contributed by atoms with E-state index in [4.69, 9.17) is 28.3 Å². The number of hydrazone groups is 1. The van der Waals surface area contributed by atoms with E-state index in [9.17, 15) is 16.8 Å². The summed E-state index contributed by atoms with van der Waals surface area (Å²) in [4.78, 5) is 8.02. The van der Waals surface area contributed by atoms with Crippen LogP contribution in [0.3, 0.4) is 0 Å². The smallest absolute Gasteiger partial charge is 0.264 e. The molecule has 3 aromatic rings. The number of sulfone groups is 1. The van der Waals surface area contributed by atoms with Crippen LogP contribution in [0.4, 0.5) is 5.69 Å². The average molecular weight is 581 g/mol. The lowest BCUT2D eigenvalue weighted by atomic mass is 10.0. The monoisotopic (exact) mass is 579 g/mol. The molecule has 2 heterocycles. The first-order valence-electron chi connectivity index (χ1n) is 11.1. The quantitative estimate of drug-likeness (QED) is 0.243. The van der Waals surface area contributed by atoms with Gasteiger partial charge < -0.3 is 0 Å². The number of amidine groups is 1. The van der Waals surface area contributed by atoms with E-state index in [0.29, 0.717) is 17.2 Å². The van der Waals surface area contributed by atoms with Crippen molar-refractivity contribution in [3.05, 3.63) is 88.7 Å². The van der Waals surface area contributed by atoms with E-state index in [1.54, 1.807) is 17.1 Å². The van der Waals surface area contributed by atoms with Crippen LogP contribution in [-0.2, 0) is 19.9 Å². The largest absolute Gasteiger partial charge is 0.265 e. The Labute approximate surface area is 225 Å². The van der Waals surface area contributed by atoms with Crippen LogP contribution in [0.25, 0.3) is 0 Å². The molecule has 13 heteroatoms. The molecule has 0 fully saturated rings. The average Bonchev–Trinajstić information content (AvgIpc) is 3.29. The number of rotatable bonds is 8. The van der Waals surface area contributed by atoms with Crippen molar-refractivity contribution in [1.29, 1.82) is 0 Å². The van der Waals surface area contributed by atoms with Crippen LogP contribution < -0.4 is 9.73 Å². The van der Waals surface area contributed by atoms with Crippen molar-refractivity contribution in [2.24, 2.45) is 10.1 Å². The second-order valence-electron chi connectivity index (χ2n) is 8.28. The first kappa shape index (κ1) is 27.1. The fourth-order valence-corrected chi connectivity index (χ4v) is 5.29. The predicted molar refractivity (Wildman–Crippen MR) is 147 cm³/mol. The maximum absolute atomic E-state index is 13.1. The minimum absolute atomic E-state index is 0.0454. The Hall–Kier alpha value is -2.99. The number of benzene rings is 2. The fourth-order valence-electron chi connectivity index (χ4n) is 3.63. The summed E-state index contributed by atoms with van der Waals surface area (Å²) in [5.41, 5.74) is 2.05. The van der Waals surface area contributed by atoms with Crippen LogP contribution >= 0.6 is 23.2 Å². The summed E-state index contributed by atoms with van der Waals surface area (Å²) in [5, 5.41) is 7.19. The standard InChI is InChI=1S/C24H23Cl2N5O4S2/c1-36(32,33)14-13-27-24(30-37(34,35)20-11-12-23(26)28-16-20)21-15-22(17-5-3-2-4-6-17)31(29-21)19-9-7-18(25)8-10-19/h2-12,16,22H,13-15H2,1H3,(H,27,30)/t22-/m1/s1. The number of aliphatic imine (C=N–C) groups is 1. The highest BCUT2D eigenvalue weighted by atomic mass is 35.5. The summed E-state index contributed by atoms with van der Waals surface area (Å²) in [5.74, 6) is -0.298. The molecule has 0 aliphatic carbocycles. The minimum Gasteiger partial charge on any atom is -0.265 e. The van der Waals surface area contributed by atoms with Crippen LogP contribution in [0, 0.1) is 0 Å². The topological polar surface area (TPSA) is 121 Å². The van der Waals surface area contributed by atoms with Crippen LogP contribution in [-0.4, -0.2) is 51.9 Å². The molecule has 37 heavy (non-hydrogen) atoms. The molecule has 0 spiro atoms. The Morgan fingerprint density at radius 1 is 1.03 bits per heavy atom. The molecule has 0 unspecified atom stereocenters. The Kier molecular flexibility index (Phi) is 8.17. The lowest BCUT2D eigenvalue weighted by molar-refractivity contribution is 0.592. The second-order valence-corrected chi connectivity index (χ2v) is 13.0. The number of hydrogen-bond donors (Lipinski definition) is 1. The maximum atomic E-state index is 13.1. The maximum Gasteiger partial charge on any atom is 0.264 e. The summed E-state index contributed by atoms with van der Waals surface area (Å²) >= 11 is 11.9. The predicted octanol–water partition coefficient (Wildman–Crippen LogP) is 4.12. The van der Waals surface area contributed by atoms with Crippen molar-refractivity contribution < 1.29 is 16.8 Å². The SMILES string of the molecule is CS(=O)(=O)CCN=C(NS(=O)(=O)c1ccc(Cl)nc1)C1=NN(c2ccc(Cl)cc2)[C@@H](c2ccccc2)C1. The van der Waals surface area contributed by atoms with Gasteiger partial charge in [0.25, 0.3) is 10.0 Å². The summed E-state index contributed by atoms with van der Waals surface area (Å²) in [6, 6.07) is 19.1. The molecule has 0 bridgehead atoms. The molecule has 1 aromatic heterocycles. The fraction of sp³-hybridized carbons (Fsp3) is 0.208. The van der Waals surface area contributed by atoms with Gasteiger partial charge in [0.2, 0.25) is 0 Å². The van der Waals surface area contributed by atoms with E-state index < -0.39 is 19.9 Å². The molecular formula is C24H23Cl2N5O4S2. The molecule has 0 saturated carbocycles. The van der Waals surface area contributed by atoms with E-state index in [1.807, 2.05) is 42.5 Å². The summed E-state index contributed by atoms with van der Waals surface area (Å²) in [7, 11) is -7.44. The Morgan fingerprint density at radius 2 is 1.73 bits per heavy atom.